The average Bonchev–Trinajstić information content (AvgIpc) is 3.24. The lowest BCUT2D eigenvalue weighted by Gasteiger charge is -2.31. The van der Waals surface area contributed by atoms with Crippen molar-refractivity contribution in [1.29, 1.82) is 0 Å². The molecule has 0 radical (unpaired) electrons. The molecule has 2 heterocycles. The van der Waals surface area contributed by atoms with E-state index in [1.165, 1.54) is 16.8 Å². The van der Waals surface area contributed by atoms with Crippen LogP contribution in [0.5, 0.6) is 0 Å². The van der Waals surface area contributed by atoms with Gasteiger partial charge in [-0.3, -0.25) is 9.59 Å². The predicted octanol–water partition coefficient (Wildman–Crippen LogP) is 2.75. The van der Waals surface area contributed by atoms with Crippen LogP contribution >= 0.6 is 0 Å². The molecule has 3 aromatic rings. The fourth-order valence-electron chi connectivity index (χ4n) is 3.53. The van der Waals surface area contributed by atoms with Crippen LogP contribution < -0.4 is 5.32 Å². The lowest BCUT2D eigenvalue weighted by atomic mass is 10.0. The van der Waals surface area contributed by atoms with Crippen LogP contribution in [0.3, 0.4) is 0 Å². The number of piperidine rings is 1. The van der Waals surface area contributed by atoms with E-state index < -0.39 is 0 Å². The number of aryl methyl sites for hydroxylation is 1. The van der Waals surface area contributed by atoms with Crippen LogP contribution in [-0.2, 0) is 0 Å². The predicted molar refractivity (Wildman–Crippen MR) is 109 cm³/mol. The van der Waals surface area contributed by atoms with E-state index in [0.717, 1.165) is 5.56 Å². The topological polar surface area (TPSA) is 80.1 Å². The quantitative estimate of drug-likeness (QED) is 0.721. The second-order valence-electron chi connectivity index (χ2n) is 7.43. The normalized spacial score (nSPS) is 14.5. The molecule has 154 valence electrons. The molecule has 30 heavy (non-hydrogen) atoms. The molecule has 1 aliphatic heterocycles. The Labute approximate surface area is 173 Å². The van der Waals surface area contributed by atoms with Gasteiger partial charge in [0.05, 0.1) is 11.9 Å². The number of carbonyl (C=O) groups excluding carboxylic acids is 2. The largest absolute Gasteiger partial charge is 0.349 e. The number of nitrogens with one attached hydrogen (secondary N) is 1. The van der Waals surface area contributed by atoms with Crippen molar-refractivity contribution >= 4 is 11.8 Å². The second kappa shape index (κ2) is 8.44. The van der Waals surface area contributed by atoms with Crippen molar-refractivity contribution in [2.45, 2.75) is 25.8 Å². The van der Waals surface area contributed by atoms with E-state index in [-0.39, 0.29) is 29.4 Å². The summed E-state index contributed by atoms with van der Waals surface area (Å²) in [7, 11) is 0. The Hall–Kier alpha value is -3.55. The molecule has 0 bridgehead atoms. The molecule has 0 saturated carbocycles. The monoisotopic (exact) mass is 407 g/mol. The Balaban J connectivity index is 1.33. The van der Waals surface area contributed by atoms with Crippen molar-refractivity contribution < 1.29 is 14.0 Å². The Morgan fingerprint density at radius 1 is 1.10 bits per heavy atom. The lowest BCUT2D eigenvalue weighted by molar-refractivity contribution is 0.0692. The maximum absolute atomic E-state index is 13.1. The molecule has 1 aliphatic rings. The van der Waals surface area contributed by atoms with Crippen molar-refractivity contribution in [3.63, 3.8) is 0 Å². The molecule has 8 heteroatoms. The first-order chi connectivity index (χ1) is 14.5. The standard InChI is InChI=1S/C22H22FN5O2/c1-15-3-2-4-16(13-15)21(29)24-18-9-11-27(12-10-18)22(30)20-14-28(26-25-20)19-7-5-17(23)6-8-19/h2-8,13-14,18H,9-12H2,1H3,(H,24,29). The number of carbonyl (C=O) groups is 2. The minimum Gasteiger partial charge on any atom is -0.349 e. The number of nitrogens with zero attached hydrogens (tertiary/aromatic N) is 4. The van der Waals surface area contributed by atoms with E-state index in [1.54, 1.807) is 29.3 Å². The van der Waals surface area contributed by atoms with Gasteiger partial charge in [-0.2, -0.15) is 0 Å². The van der Waals surface area contributed by atoms with Gasteiger partial charge in [-0.05, 0) is 56.2 Å². The van der Waals surface area contributed by atoms with Gasteiger partial charge in [0.1, 0.15) is 5.82 Å². The van der Waals surface area contributed by atoms with Crippen molar-refractivity contribution in [1.82, 2.24) is 25.2 Å². The molecule has 1 fully saturated rings. The molecular formula is C22H22FN5O2. The van der Waals surface area contributed by atoms with E-state index >= 15 is 0 Å². The summed E-state index contributed by atoms with van der Waals surface area (Å²) in [6, 6.07) is 13.3. The summed E-state index contributed by atoms with van der Waals surface area (Å²) in [4.78, 5) is 26.9. The number of rotatable bonds is 4. The fourth-order valence-corrected chi connectivity index (χ4v) is 3.53. The van der Waals surface area contributed by atoms with Gasteiger partial charge in [0.25, 0.3) is 11.8 Å². The lowest BCUT2D eigenvalue weighted by Crippen LogP contribution is -2.46. The highest BCUT2D eigenvalue weighted by molar-refractivity contribution is 5.94. The van der Waals surface area contributed by atoms with Gasteiger partial charge >= 0.3 is 0 Å². The Kier molecular flexibility index (Phi) is 5.56. The third kappa shape index (κ3) is 4.37. The first-order valence-corrected chi connectivity index (χ1v) is 9.85. The maximum atomic E-state index is 13.1. The first-order valence-electron chi connectivity index (χ1n) is 9.85. The highest BCUT2D eigenvalue weighted by Gasteiger charge is 2.26. The summed E-state index contributed by atoms with van der Waals surface area (Å²) in [5.41, 5.74) is 2.55. The zero-order chi connectivity index (χ0) is 21.1. The van der Waals surface area contributed by atoms with Crippen LogP contribution in [-0.4, -0.2) is 50.8 Å². The Morgan fingerprint density at radius 2 is 1.83 bits per heavy atom. The molecule has 1 N–H and O–H groups in total. The molecule has 1 saturated heterocycles. The molecule has 0 atom stereocenters. The number of amides is 2. The molecule has 4 rings (SSSR count). The number of halogens is 1. The third-order valence-corrected chi connectivity index (χ3v) is 5.20. The van der Waals surface area contributed by atoms with Crippen molar-refractivity contribution in [2.24, 2.45) is 0 Å². The molecule has 2 aromatic carbocycles. The molecule has 0 unspecified atom stereocenters. The molecule has 0 aliphatic carbocycles. The number of hydrogen-bond acceptors (Lipinski definition) is 4. The van der Waals surface area contributed by atoms with Gasteiger partial charge in [-0.15, -0.1) is 5.10 Å². The molecule has 0 spiro atoms. The zero-order valence-corrected chi connectivity index (χ0v) is 16.6. The van der Waals surface area contributed by atoms with Crippen molar-refractivity contribution in [3.8, 4) is 5.69 Å². The van der Waals surface area contributed by atoms with E-state index in [4.69, 9.17) is 0 Å². The number of aromatic nitrogens is 3. The second-order valence-corrected chi connectivity index (χ2v) is 7.43. The Morgan fingerprint density at radius 3 is 2.53 bits per heavy atom. The first kappa shape index (κ1) is 19.8. The summed E-state index contributed by atoms with van der Waals surface area (Å²) >= 11 is 0. The Bertz CT molecular complexity index is 1060. The molecule has 1 aromatic heterocycles. The van der Waals surface area contributed by atoms with Gasteiger partial charge in [0, 0.05) is 24.7 Å². The van der Waals surface area contributed by atoms with E-state index in [0.29, 0.717) is 37.2 Å². The summed E-state index contributed by atoms with van der Waals surface area (Å²) in [5.74, 6) is -0.634. The molecule has 2 amide bonds. The maximum Gasteiger partial charge on any atom is 0.276 e. The van der Waals surface area contributed by atoms with Gasteiger partial charge in [0.2, 0.25) is 0 Å². The van der Waals surface area contributed by atoms with E-state index in [9.17, 15) is 14.0 Å². The van der Waals surface area contributed by atoms with E-state index in [1.807, 2.05) is 25.1 Å². The van der Waals surface area contributed by atoms with Crippen LogP contribution in [0.1, 0.15) is 39.3 Å². The fraction of sp³-hybridized carbons (Fsp3) is 0.273. The van der Waals surface area contributed by atoms with Gasteiger partial charge in [-0.1, -0.05) is 22.9 Å². The summed E-state index contributed by atoms with van der Waals surface area (Å²) in [5, 5.41) is 11.0. The van der Waals surface area contributed by atoms with Crippen molar-refractivity contribution in [2.75, 3.05) is 13.1 Å². The highest BCUT2D eigenvalue weighted by Crippen LogP contribution is 2.15. The van der Waals surface area contributed by atoms with Crippen molar-refractivity contribution in [3.05, 3.63) is 77.4 Å². The minimum atomic E-state index is -0.340. The SMILES string of the molecule is Cc1cccc(C(=O)NC2CCN(C(=O)c3cn(-c4ccc(F)cc4)nn3)CC2)c1. The number of hydrogen-bond donors (Lipinski definition) is 1. The van der Waals surface area contributed by atoms with Gasteiger partial charge in [0.15, 0.2) is 5.69 Å². The van der Waals surface area contributed by atoms with E-state index in [2.05, 4.69) is 15.6 Å². The van der Waals surface area contributed by atoms with Gasteiger partial charge < -0.3 is 10.2 Å². The third-order valence-electron chi connectivity index (χ3n) is 5.20. The van der Waals surface area contributed by atoms with Crippen LogP contribution in [0.4, 0.5) is 4.39 Å². The number of likely N-dealkylation sites (tertiary alicyclic amines) is 1. The summed E-state index contributed by atoms with van der Waals surface area (Å²) < 4.78 is 14.5. The van der Waals surface area contributed by atoms with Gasteiger partial charge in [-0.25, -0.2) is 9.07 Å². The zero-order valence-electron chi connectivity index (χ0n) is 16.6. The summed E-state index contributed by atoms with van der Waals surface area (Å²) in [6.45, 7) is 3.01. The number of benzene rings is 2. The average molecular weight is 407 g/mol. The summed E-state index contributed by atoms with van der Waals surface area (Å²) in [6.07, 6.45) is 2.89. The van der Waals surface area contributed by atoms with Crippen LogP contribution in [0.2, 0.25) is 0 Å². The molecular weight excluding hydrogens is 385 g/mol. The van der Waals surface area contributed by atoms with Crippen LogP contribution in [0.25, 0.3) is 5.69 Å². The van der Waals surface area contributed by atoms with Crippen LogP contribution in [0, 0.1) is 12.7 Å². The molecule has 7 nitrogen and oxygen atoms in total. The smallest absolute Gasteiger partial charge is 0.276 e. The minimum absolute atomic E-state index is 0.0250. The van der Waals surface area contributed by atoms with Crippen LogP contribution in [0.15, 0.2) is 54.7 Å². The highest BCUT2D eigenvalue weighted by atomic mass is 19.1.